The van der Waals surface area contributed by atoms with Gasteiger partial charge in [0.2, 0.25) is 0 Å². The van der Waals surface area contributed by atoms with E-state index in [0.29, 0.717) is 12.0 Å². The molecule has 1 atom stereocenters. The van der Waals surface area contributed by atoms with Crippen molar-refractivity contribution >= 4 is 0 Å². The van der Waals surface area contributed by atoms with Crippen LogP contribution in [0.2, 0.25) is 0 Å². The van der Waals surface area contributed by atoms with Gasteiger partial charge in [-0.1, -0.05) is 26.3 Å². The molecule has 3 heteroatoms. The molecule has 3 nitrogen and oxygen atoms in total. The van der Waals surface area contributed by atoms with Crippen molar-refractivity contribution in [3.05, 3.63) is 23.8 Å². The minimum absolute atomic E-state index is 0.414. The van der Waals surface area contributed by atoms with Gasteiger partial charge in [-0.2, -0.15) is 0 Å². The van der Waals surface area contributed by atoms with Crippen molar-refractivity contribution in [3.63, 3.8) is 0 Å². The molecule has 1 saturated heterocycles. The van der Waals surface area contributed by atoms with Crippen LogP contribution in [0.5, 0.6) is 11.5 Å². The van der Waals surface area contributed by atoms with E-state index in [9.17, 15) is 0 Å². The first-order valence-corrected chi connectivity index (χ1v) is 7.62. The highest BCUT2D eigenvalue weighted by molar-refractivity contribution is 5.47. The third kappa shape index (κ3) is 3.26. The summed E-state index contributed by atoms with van der Waals surface area (Å²) >= 11 is 0. The fourth-order valence-corrected chi connectivity index (χ4v) is 3.21. The Bertz CT molecular complexity index is 409. The van der Waals surface area contributed by atoms with E-state index in [0.717, 1.165) is 18.0 Å². The highest BCUT2D eigenvalue weighted by Crippen LogP contribution is 2.41. The van der Waals surface area contributed by atoms with E-state index in [1.54, 1.807) is 14.2 Å². The molecule has 1 heterocycles. The van der Waals surface area contributed by atoms with Gasteiger partial charge in [0, 0.05) is 12.6 Å². The molecule has 0 amide bonds. The van der Waals surface area contributed by atoms with Gasteiger partial charge in [-0.25, -0.2) is 0 Å². The quantitative estimate of drug-likeness (QED) is 0.815. The lowest BCUT2D eigenvalue weighted by Crippen LogP contribution is -2.36. The number of hydrogen-bond acceptors (Lipinski definition) is 3. The van der Waals surface area contributed by atoms with Crippen LogP contribution in [0.15, 0.2) is 18.2 Å². The molecule has 112 valence electrons. The summed E-state index contributed by atoms with van der Waals surface area (Å²) in [6, 6.07) is 6.49. The molecule has 0 aromatic heterocycles. The van der Waals surface area contributed by atoms with Crippen LogP contribution in [0.3, 0.4) is 0 Å². The van der Waals surface area contributed by atoms with Crippen molar-refractivity contribution in [2.75, 3.05) is 27.3 Å². The predicted molar refractivity (Wildman–Crippen MR) is 82.5 cm³/mol. The summed E-state index contributed by atoms with van der Waals surface area (Å²) in [5.41, 5.74) is 1.22. The zero-order valence-electron chi connectivity index (χ0n) is 13.2. The van der Waals surface area contributed by atoms with Crippen molar-refractivity contribution in [1.82, 2.24) is 4.90 Å². The number of methoxy groups -OCH3 is 2. The van der Waals surface area contributed by atoms with Crippen LogP contribution >= 0.6 is 0 Å². The molecule has 1 aliphatic heterocycles. The van der Waals surface area contributed by atoms with E-state index in [1.807, 2.05) is 18.2 Å². The lowest BCUT2D eigenvalue weighted by atomic mass is 9.93. The monoisotopic (exact) mass is 277 g/mol. The summed E-state index contributed by atoms with van der Waals surface area (Å²) in [6.45, 7) is 6.87. The van der Waals surface area contributed by atoms with Gasteiger partial charge < -0.3 is 9.47 Å². The average Bonchev–Trinajstić information content (AvgIpc) is 2.46. The smallest absolute Gasteiger partial charge is 0.127 e. The lowest BCUT2D eigenvalue weighted by Gasteiger charge is -2.38. The molecule has 1 aromatic rings. The first kappa shape index (κ1) is 15.2. The molecular formula is C17H27NO2. The first-order valence-electron chi connectivity index (χ1n) is 7.62. The second-order valence-corrected chi connectivity index (χ2v) is 5.98. The van der Waals surface area contributed by atoms with Gasteiger partial charge in [-0.05, 0) is 37.4 Å². The highest BCUT2D eigenvalue weighted by atomic mass is 16.5. The molecule has 0 bridgehead atoms. The maximum Gasteiger partial charge on any atom is 0.127 e. The maximum absolute atomic E-state index is 5.59. The number of rotatable bonds is 5. The molecule has 1 aliphatic rings. The van der Waals surface area contributed by atoms with Crippen LogP contribution in [-0.2, 0) is 0 Å². The fraction of sp³-hybridized carbons (Fsp3) is 0.647. The van der Waals surface area contributed by atoms with Crippen molar-refractivity contribution in [3.8, 4) is 11.5 Å². The number of benzene rings is 1. The second kappa shape index (κ2) is 6.98. The summed E-state index contributed by atoms with van der Waals surface area (Å²) in [5.74, 6) is 2.58. The largest absolute Gasteiger partial charge is 0.496 e. The van der Waals surface area contributed by atoms with Crippen molar-refractivity contribution in [2.45, 2.75) is 39.2 Å². The average molecular weight is 277 g/mol. The van der Waals surface area contributed by atoms with E-state index in [4.69, 9.17) is 9.47 Å². The number of ether oxygens (including phenoxy) is 2. The lowest BCUT2D eigenvalue weighted by molar-refractivity contribution is 0.127. The van der Waals surface area contributed by atoms with Crippen LogP contribution in [0.4, 0.5) is 0 Å². The van der Waals surface area contributed by atoms with Gasteiger partial charge in [-0.15, -0.1) is 0 Å². The summed E-state index contributed by atoms with van der Waals surface area (Å²) in [5, 5.41) is 0. The number of nitrogens with zero attached hydrogens (tertiary/aromatic N) is 1. The topological polar surface area (TPSA) is 21.7 Å². The zero-order valence-corrected chi connectivity index (χ0v) is 13.2. The van der Waals surface area contributed by atoms with E-state index >= 15 is 0 Å². The van der Waals surface area contributed by atoms with Crippen LogP contribution in [0, 0.1) is 5.92 Å². The summed E-state index contributed by atoms with van der Waals surface area (Å²) < 4.78 is 11.2. The number of piperidine rings is 1. The van der Waals surface area contributed by atoms with Crippen LogP contribution in [-0.4, -0.2) is 32.2 Å². The highest BCUT2D eigenvalue weighted by Gasteiger charge is 2.29. The first-order chi connectivity index (χ1) is 9.67. The van der Waals surface area contributed by atoms with Gasteiger partial charge in [0.15, 0.2) is 0 Å². The second-order valence-electron chi connectivity index (χ2n) is 5.98. The van der Waals surface area contributed by atoms with Gasteiger partial charge in [0.1, 0.15) is 11.5 Å². The molecule has 0 saturated carbocycles. The summed E-state index contributed by atoms with van der Waals surface area (Å²) in [7, 11) is 3.49. The molecule has 2 rings (SSSR count). The van der Waals surface area contributed by atoms with E-state index in [-0.39, 0.29) is 0 Å². The molecule has 0 N–H and O–H groups in total. The molecule has 1 fully saturated rings. The molecule has 0 spiro atoms. The van der Waals surface area contributed by atoms with Crippen molar-refractivity contribution in [2.24, 2.45) is 5.92 Å². The van der Waals surface area contributed by atoms with Crippen molar-refractivity contribution in [1.29, 1.82) is 0 Å². The molecule has 0 aliphatic carbocycles. The Hall–Kier alpha value is -1.22. The van der Waals surface area contributed by atoms with Crippen molar-refractivity contribution < 1.29 is 9.47 Å². The van der Waals surface area contributed by atoms with E-state index in [1.165, 1.54) is 31.4 Å². The molecule has 0 radical (unpaired) electrons. The Balaban J connectivity index is 2.35. The normalized spacial score (nSPS) is 20.1. The fourth-order valence-electron chi connectivity index (χ4n) is 3.21. The van der Waals surface area contributed by atoms with Crippen LogP contribution in [0.25, 0.3) is 0 Å². The van der Waals surface area contributed by atoms with Gasteiger partial charge in [0.05, 0.1) is 19.8 Å². The predicted octanol–water partition coefficient (Wildman–Crippen LogP) is 3.89. The minimum Gasteiger partial charge on any atom is -0.496 e. The minimum atomic E-state index is 0.414. The molecule has 20 heavy (non-hydrogen) atoms. The molecule has 0 unspecified atom stereocenters. The Morgan fingerprint density at radius 1 is 1.15 bits per heavy atom. The third-order valence-electron chi connectivity index (χ3n) is 4.01. The SMILES string of the molecule is COc1cccc(OC)c1[C@H]1CCCCN1CC(C)C. The Morgan fingerprint density at radius 2 is 1.80 bits per heavy atom. The summed E-state index contributed by atoms with van der Waals surface area (Å²) in [6.07, 6.45) is 3.75. The van der Waals surface area contributed by atoms with Gasteiger partial charge in [-0.3, -0.25) is 4.90 Å². The Morgan fingerprint density at radius 3 is 2.35 bits per heavy atom. The third-order valence-corrected chi connectivity index (χ3v) is 4.01. The standard InChI is InChI=1S/C17H27NO2/c1-13(2)12-18-11-6-5-8-14(18)17-15(19-3)9-7-10-16(17)20-4/h7,9-10,13-14H,5-6,8,11-12H2,1-4H3/t14-/m1/s1. The maximum atomic E-state index is 5.59. The van der Waals surface area contributed by atoms with Gasteiger partial charge in [0.25, 0.3) is 0 Å². The molecular weight excluding hydrogens is 250 g/mol. The van der Waals surface area contributed by atoms with Crippen LogP contribution < -0.4 is 9.47 Å². The molecule has 1 aromatic carbocycles. The Labute approximate surface area is 122 Å². The van der Waals surface area contributed by atoms with Gasteiger partial charge >= 0.3 is 0 Å². The van der Waals surface area contributed by atoms with E-state index < -0.39 is 0 Å². The number of hydrogen-bond donors (Lipinski definition) is 0. The van der Waals surface area contributed by atoms with E-state index in [2.05, 4.69) is 18.7 Å². The number of likely N-dealkylation sites (tertiary alicyclic amines) is 1. The Kier molecular flexibility index (Phi) is 5.30. The van der Waals surface area contributed by atoms with Crippen LogP contribution in [0.1, 0.15) is 44.7 Å². The zero-order chi connectivity index (χ0) is 14.5. The summed E-state index contributed by atoms with van der Waals surface area (Å²) in [4.78, 5) is 2.59.